The van der Waals surface area contributed by atoms with Crippen LogP contribution in [0, 0.1) is 0 Å². The molecule has 2 amide bonds. The van der Waals surface area contributed by atoms with Crippen molar-refractivity contribution in [3.8, 4) is 0 Å². The number of anilines is 2. The molecular weight excluding hydrogens is 322 g/mol. The van der Waals surface area contributed by atoms with Crippen LogP contribution in [-0.4, -0.2) is 35.0 Å². The van der Waals surface area contributed by atoms with Gasteiger partial charge < -0.3 is 20.2 Å². The topological polar surface area (TPSA) is 94.8 Å². The lowest BCUT2D eigenvalue weighted by Gasteiger charge is -2.18. The van der Waals surface area contributed by atoms with Crippen molar-refractivity contribution >= 4 is 23.2 Å². The summed E-state index contributed by atoms with van der Waals surface area (Å²) >= 11 is 0. The zero-order valence-electron chi connectivity index (χ0n) is 13.7. The average molecular weight is 341 g/mol. The van der Waals surface area contributed by atoms with Gasteiger partial charge in [-0.05, 0) is 31.2 Å². The monoisotopic (exact) mass is 341 g/mol. The van der Waals surface area contributed by atoms with Crippen molar-refractivity contribution < 1.29 is 19.1 Å². The minimum absolute atomic E-state index is 0.0191. The summed E-state index contributed by atoms with van der Waals surface area (Å²) in [4.78, 5) is 25.1. The largest absolute Gasteiger partial charge is 0.467 e. The number of nitrogens with one attached hydrogen (secondary N) is 2. The Balaban J connectivity index is 1.77. The predicted octanol–water partition coefficient (Wildman–Crippen LogP) is 2.11. The van der Waals surface area contributed by atoms with Crippen LogP contribution < -0.4 is 10.6 Å². The first-order valence-corrected chi connectivity index (χ1v) is 7.94. The molecule has 7 heteroatoms. The highest BCUT2D eigenvalue weighted by Crippen LogP contribution is 2.28. The van der Waals surface area contributed by atoms with Crippen molar-refractivity contribution in [1.29, 1.82) is 0 Å². The van der Waals surface area contributed by atoms with Crippen LogP contribution in [0.2, 0.25) is 0 Å². The Morgan fingerprint density at radius 2 is 1.92 bits per heavy atom. The summed E-state index contributed by atoms with van der Waals surface area (Å²) in [6, 6.07) is 11.0. The van der Waals surface area contributed by atoms with Gasteiger partial charge in [-0.2, -0.15) is 0 Å². The molecule has 2 aromatic rings. The zero-order valence-corrected chi connectivity index (χ0v) is 13.7. The van der Waals surface area contributed by atoms with Gasteiger partial charge in [0.25, 0.3) is 11.8 Å². The van der Waals surface area contributed by atoms with Crippen LogP contribution >= 0.6 is 0 Å². The number of hydrogen-bond donors (Lipinski definition) is 3. The molecule has 1 atom stereocenters. The molecular formula is C18H19N3O4. The zero-order chi connectivity index (χ0) is 17.8. The van der Waals surface area contributed by atoms with E-state index in [0.29, 0.717) is 5.69 Å². The van der Waals surface area contributed by atoms with Crippen LogP contribution in [0.5, 0.6) is 0 Å². The molecule has 1 aliphatic heterocycles. The Hall–Kier alpha value is -3.06. The molecule has 25 heavy (non-hydrogen) atoms. The quantitative estimate of drug-likeness (QED) is 0.668. The molecule has 0 spiro atoms. The van der Waals surface area contributed by atoms with Gasteiger partial charge in [-0.15, -0.1) is 0 Å². The van der Waals surface area contributed by atoms with Crippen LogP contribution in [0.1, 0.15) is 18.7 Å². The van der Waals surface area contributed by atoms with Gasteiger partial charge in [0.15, 0.2) is 0 Å². The molecule has 0 radical (unpaired) electrons. The lowest BCUT2D eigenvalue weighted by atomic mass is 10.2. The number of rotatable bonds is 7. The maximum atomic E-state index is 12.3. The van der Waals surface area contributed by atoms with E-state index in [1.807, 2.05) is 43.3 Å². The van der Waals surface area contributed by atoms with E-state index in [0.717, 1.165) is 16.3 Å². The van der Waals surface area contributed by atoms with Crippen LogP contribution in [0.15, 0.2) is 58.9 Å². The summed E-state index contributed by atoms with van der Waals surface area (Å²) in [6.45, 7) is 1.67. The van der Waals surface area contributed by atoms with Crippen LogP contribution in [0.4, 0.5) is 11.4 Å². The van der Waals surface area contributed by atoms with Gasteiger partial charge in [-0.25, -0.2) is 0 Å². The van der Waals surface area contributed by atoms with E-state index in [1.165, 1.54) is 6.08 Å². The van der Waals surface area contributed by atoms with Crippen molar-refractivity contribution in [1.82, 2.24) is 4.90 Å². The van der Waals surface area contributed by atoms with Gasteiger partial charge in [0, 0.05) is 6.08 Å². The Morgan fingerprint density at radius 3 is 2.60 bits per heavy atom. The first-order valence-electron chi connectivity index (χ1n) is 7.94. The molecule has 3 rings (SSSR count). The SMILES string of the molecule is CC(Nc1ccccc1NC1=CC(=O)N(CCO)C1=O)c1ccco1. The summed E-state index contributed by atoms with van der Waals surface area (Å²) in [5, 5.41) is 15.3. The molecule has 0 aliphatic carbocycles. The second-order valence-corrected chi connectivity index (χ2v) is 5.63. The summed E-state index contributed by atoms with van der Waals surface area (Å²) in [7, 11) is 0. The number of hydrogen-bond acceptors (Lipinski definition) is 6. The van der Waals surface area contributed by atoms with E-state index >= 15 is 0 Å². The molecule has 130 valence electrons. The summed E-state index contributed by atoms with van der Waals surface area (Å²) < 4.78 is 5.39. The van der Waals surface area contributed by atoms with E-state index in [-0.39, 0.29) is 24.9 Å². The minimum atomic E-state index is -0.451. The number of β-amino-alcohol motifs (C(OH)–C–C–N with tert-alkyl or cyclic N) is 1. The maximum Gasteiger partial charge on any atom is 0.277 e. The van der Waals surface area contributed by atoms with E-state index in [1.54, 1.807) is 6.26 Å². The first kappa shape index (κ1) is 16.8. The van der Waals surface area contributed by atoms with Gasteiger partial charge in [-0.3, -0.25) is 14.5 Å². The average Bonchev–Trinajstić information content (AvgIpc) is 3.22. The first-order chi connectivity index (χ1) is 12.1. The molecule has 0 fully saturated rings. The second-order valence-electron chi connectivity index (χ2n) is 5.63. The van der Waals surface area contributed by atoms with Crippen molar-refractivity contribution in [2.24, 2.45) is 0 Å². The molecule has 0 saturated heterocycles. The molecule has 7 nitrogen and oxygen atoms in total. The van der Waals surface area contributed by atoms with Crippen molar-refractivity contribution in [2.45, 2.75) is 13.0 Å². The molecule has 1 aromatic heterocycles. The van der Waals surface area contributed by atoms with E-state index < -0.39 is 11.8 Å². The highest BCUT2D eigenvalue weighted by Gasteiger charge is 2.30. The number of benzene rings is 1. The number of carbonyl (C=O) groups is 2. The fraction of sp³-hybridized carbons (Fsp3) is 0.222. The minimum Gasteiger partial charge on any atom is -0.467 e. The normalized spacial score (nSPS) is 15.3. The highest BCUT2D eigenvalue weighted by atomic mass is 16.3. The van der Waals surface area contributed by atoms with Gasteiger partial charge in [0.2, 0.25) is 0 Å². The fourth-order valence-corrected chi connectivity index (χ4v) is 2.62. The van der Waals surface area contributed by atoms with Crippen LogP contribution in [0.3, 0.4) is 0 Å². The number of nitrogens with zero attached hydrogens (tertiary/aromatic N) is 1. The Labute approximate surface area is 144 Å². The van der Waals surface area contributed by atoms with Gasteiger partial charge in [0.05, 0.1) is 36.8 Å². The number of aliphatic hydroxyl groups excluding tert-OH is 1. The lowest BCUT2D eigenvalue weighted by Crippen LogP contribution is -2.34. The van der Waals surface area contributed by atoms with Crippen LogP contribution in [0.25, 0.3) is 0 Å². The van der Waals surface area contributed by atoms with Gasteiger partial charge in [0.1, 0.15) is 11.5 Å². The summed E-state index contributed by atoms with van der Waals surface area (Å²) in [6.07, 6.45) is 2.85. The standard InChI is InChI=1S/C18H19N3O4/c1-12(16-7-4-10-25-16)19-13-5-2-3-6-14(13)20-15-11-17(23)21(8-9-22)18(15)24/h2-7,10-12,19-20,22H,8-9H2,1H3. The molecule has 1 unspecified atom stereocenters. The van der Waals surface area contributed by atoms with Crippen molar-refractivity contribution in [2.75, 3.05) is 23.8 Å². The Kier molecular flexibility index (Phi) is 4.85. The van der Waals surface area contributed by atoms with Crippen molar-refractivity contribution in [3.63, 3.8) is 0 Å². The molecule has 1 aromatic carbocycles. The van der Waals surface area contributed by atoms with Gasteiger partial charge >= 0.3 is 0 Å². The third-order valence-electron chi connectivity index (χ3n) is 3.87. The number of para-hydroxylation sites is 2. The van der Waals surface area contributed by atoms with E-state index in [4.69, 9.17) is 9.52 Å². The van der Waals surface area contributed by atoms with E-state index in [9.17, 15) is 9.59 Å². The molecule has 1 aliphatic rings. The lowest BCUT2D eigenvalue weighted by molar-refractivity contribution is -0.137. The van der Waals surface area contributed by atoms with E-state index in [2.05, 4.69) is 10.6 Å². The third kappa shape index (κ3) is 3.56. The third-order valence-corrected chi connectivity index (χ3v) is 3.87. The molecule has 0 bridgehead atoms. The number of imide groups is 1. The molecule has 2 heterocycles. The smallest absolute Gasteiger partial charge is 0.277 e. The summed E-state index contributed by atoms with van der Waals surface area (Å²) in [5.74, 6) is -0.0980. The molecule has 0 saturated carbocycles. The Morgan fingerprint density at radius 1 is 1.16 bits per heavy atom. The molecule has 3 N–H and O–H groups in total. The maximum absolute atomic E-state index is 12.3. The highest BCUT2D eigenvalue weighted by molar-refractivity contribution is 6.17. The summed E-state index contributed by atoms with van der Waals surface area (Å²) in [5.41, 5.74) is 1.62. The number of carbonyl (C=O) groups excluding carboxylic acids is 2. The number of amides is 2. The predicted molar refractivity (Wildman–Crippen MR) is 92.7 cm³/mol. The van der Waals surface area contributed by atoms with Crippen LogP contribution in [-0.2, 0) is 9.59 Å². The Bertz CT molecular complexity index is 798. The fourth-order valence-electron chi connectivity index (χ4n) is 2.62. The van der Waals surface area contributed by atoms with Gasteiger partial charge in [-0.1, -0.05) is 12.1 Å². The van der Waals surface area contributed by atoms with Crippen molar-refractivity contribution in [3.05, 3.63) is 60.2 Å². The number of furan rings is 1. The second kappa shape index (κ2) is 7.23. The number of aliphatic hydroxyl groups is 1.